The highest BCUT2D eigenvalue weighted by atomic mass is 19.1. The molecular weight excluding hydrogens is 215 g/mol. The molecule has 2 rings (SSSR count). The second-order valence-electron chi connectivity index (χ2n) is 4.40. The fraction of sp³-hybridized carbons (Fsp3) is 0.214. The molecule has 0 fully saturated rings. The van der Waals surface area contributed by atoms with Crippen molar-refractivity contribution < 1.29 is 4.39 Å². The van der Waals surface area contributed by atoms with Gasteiger partial charge in [0.2, 0.25) is 0 Å². The summed E-state index contributed by atoms with van der Waals surface area (Å²) in [6.07, 6.45) is 0. The van der Waals surface area contributed by atoms with E-state index in [0.29, 0.717) is 11.1 Å². The third-order valence-corrected chi connectivity index (χ3v) is 2.85. The van der Waals surface area contributed by atoms with Crippen molar-refractivity contribution in [2.75, 3.05) is 5.73 Å². The van der Waals surface area contributed by atoms with Crippen molar-refractivity contribution in [1.29, 1.82) is 5.26 Å². The average molecular weight is 228 g/mol. The van der Waals surface area contributed by atoms with Crippen LogP contribution in [0.1, 0.15) is 30.9 Å². The van der Waals surface area contributed by atoms with Crippen LogP contribution in [0, 0.1) is 17.1 Å². The lowest BCUT2D eigenvalue weighted by Crippen LogP contribution is -1.97. The van der Waals surface area contributed by atoms with Crippen molar-refractivity contribution >= 4 is 16.5 Å². The zero-order chi connectivity index (χ0) is 12.6. The number of benzene rings is 2. The number of hydrogen-bond acceptors (Lipinski definition) is 2. The first-order valence-electron chi connectivity index (χ1n) is 5.46. The summed E-state index contributed by atoms with van der Waals surface area (Å²) in [5.74, 6) is -0.290. The van der Waals surface area contributed by atoms with Crippen molar-refractivity contribution in [1.82, 2.24) is 0 Å². The first kappa shape index (κ1) is 11.4. The van der Waals surface area contributed by atoms with Crippen molar-refractivity contribution in [2.24, 2.45) is 0 Å². The number of nitrogens with zero attached hydrogens (tertiary/aromatic N) is 1. The van der Waals surface area contributed by atoms with Gasteiger partial charge in [-0.3, -0.25) is 0 Å². The fourth-order valence-corrected chi connectivity index (χ4v) is 2.06. The van der Waals surface area contributed by atoms with Gasteiger partial charge < -0.3 is 5.73 Å². The predicted octanol–water partition coefficient (Wildman–Crippen LogP) is 3.56. The van der Waals surface area contributed by atoms with Gasteiger partial charge in [-0.05, 0) is 35.1 Å². The summed E-state index contributed by atoms with van der Waals surface area (Å²) in [7, 11) is 0. The molecule has 2 aromatic rings. The summed E-state index contributed by atoms with van der Waals surface area (Å²) in [6.45, 7) is 4.00. The van der Waals surface area contributed by atoms with E-state index in [0.717, 1.165) is 10.9 Å². The van der Waals surface area contributed by atoms with Crippen LogP contribution in [0.4, 0.5) is 10.1 Å². The van der Waals surface area contributed by atoms with Gasteiger partial charge in [0.1, 0.15) is 11.9 Å². The van der Waals surface area contributed by atoms with Gasteiger partial charge in [0.25, 0.3) is 0 Å². The van der Waals surface area contributed by atoms with Crippen LogP contribution in [0.5, 0.6) is 0 Å². The number of halogens is 1. The monoisotopic (exact) mass is 228 g/mol. The number of anilines is 1. The second kappa shape index (κ2) is 4.06. The number of fused-ring (bicyclic) bond motifs is 1. The van der Waals surface area contributed by atoms with E-state index in [9.17, 15) is 4.39 Å². The van der Waals surface area contributed by atoms with Gasteiger partial charge in [0.05, 0.1) is 5.56 Å². The standard InChI is InChI=1S/C14H13FN2/c1-8(2)11-6-10(17)5-9-3-4-13(15)12(7-16)14(9)11/h3-6,8H,17H2,1-2H3. The summed E-state index contributed by atoms with van der Waals surface area (Å²) in [4.78, 5) is 0. The minimum absolute atomic E-state index is 0.103. The highest BCUT2D eigenvalue weighted by Crippen LogP contribution is 2.31. The van der Waals surface area contributed by atoms with Gasteiger partial charge in [0, 0.05) is 11.1 Å². The normalized spacial score (nSPS) is 10.8. The highest BCUT2D eigenvalue weighted by molar-refractivity contribution is 5.93. The number of rotatable bonds is 1. The van der Waals surface area contributed by atoms with Crippen molar-refractivity contribution in [3.8, 4) is 6.07 Å². The van der Waals surface area contributed by atoms with E-state index in [1.165, 1.54) is 6.07 Å². The molecular formula is C14H13FN2. The topological polar surface area (TPSA) is 49.8 Å². The molecule has 0 aliphatic carbocycles. The molecule has 0 aliphatic rings. The van der Waals surface area contributed by atoms with Gasteiger partial charge in [-0.25, -0.2) is 4.39 Å². The van der Waals surface area contributed by atoms with Gasteiger partial charge in [0.15, 0.2) is 0 Å². The molecule has 2 N–H and O–H groups in total. The van der Waals surface area contributed by atoms with Crippen LogP contribution in [0.25, 0.3) is 10.8 Å². The Balaban J connectivity index is 2.98. The molecule has 0 unspecified atom stereocenters. The molecule has 2 nitrogen and oxygen atoms in total. The molecule has 17 heavy (non-hydrogen) atoms. The molecule has 0 saturated heterocycles. The lowest BCUT2D eigenvalue weighted by Gasteiger charge is -2.13. The largest absolute Gasteiger partial charge is 0.399 e. The average Bonchev–Trinajstić information content (AvgIpc) is 2.28. The number of hydrogen-bond donors (Lipinski definition) is 1. The van der Waals surface area contributed by atoms with Crippen molar-refractivity contribution in [3.63, 3.8) is 0 Å². The highest BCUT2D eigenvalue weighted by Gasteiger charge is 2.13. The predicted molar refractivity (Wildman–Crippen MR) is 67.1 cm³/mol. The summed E-state index contributed by atoms with van der Waals surface area (Å²) in [5, 5.41) is 10.6. The Bertz CT molecular complexity index is 624. The molecule has 3 heteroatoms. The van der Waals surface area contributed by atoms with Gasteiger partial charge >= 0.3 is 0 Å². The Morgan fingerprint density at radius 2 is 2.00 bits per heavy atom. The lowest BCUT2D eigenvalue weighted by molar-refractivity contribution is 0.626. The summed E-state index contributed by atoms with van der Waals surface area (Å²) < 4.78 is 13.6. The maximum atomic E-state index is 13.6. The second-order valence-corrected chi connectivity index (χ2v) is 4.40. The smallest absolute Gasteiger partial charge is 0.141 e. The van der Waals surface area contributed by atoms with Crippen molar-refractivity contribution in [3.05, 3.63) is 41.2 Å². The molecule has 0 spiro atoms. The van der Waals surface area contributed by atoms with E-state index < -0.39 is 5.82 Å². The zero-order valence-electron chi connectivity index (χ0n) is 9.79. The summed E-state index contributed by atoms with van der Waals surface area (Å²) in [5.41, 5.74) is 7.47. The zero-order valence-corrected chi connectivity index (χ0v) is 9.79. The van der Waals surface area contributed by atoms with Crippen molar-refractivity contribution in [2.45, 2.75) is 19.8 Å². The molecule has 0 amide bonds. The molecule has 0 radical (unpaired) electrons. The van der Waals surface area contributed by atoms with Crippen LogP contribution >= 0.6 is 0 Å². The Kier molecular flexibility index (Phi) is 2.72. The molecule has 0 aromatic heterocycles. The van der Waals surface area contributed by atoms with E-state index in [-0.39, 0.29) is 11.5 Å². The minimum Gasteiger partial charge on any atom is -0.399 e. The van der Waals surface area contributed by atoms with E-state index in [1.807, 2.05) is 26.0 Å². The first-order valence-corrected chi connectivity index (χ1v) is 5.46. The molecule has 0 atom stereocenters. The van der Waals surface area contributed by atoms with E-state index >= 15 is 0 Å². The Hall–Kier alpha value is -2.08. The quantitative estimate of drug-likeness (QED) is 0.759. The maximum absolute atomic E-state index is 13.6. The Labute approximate surface area is 99.5 Å². The number of nitrogens with two attached hydrogens (primary N) is 1. The Morgan fingerprint density at radius 3 is 2.59 bits per heavy atom. The van der Waals surface area contributed by atoms with E-state index in [4.69, 9.17) is 11.0 Å². The Morgan fingerprint density at radius 1 is 1.29 bits per heavy atom. The number of nitriles is 1. The fourth-order valence-electron chi connectivity index (χ4n) is 2.06. The lowest BCUT2D eigenvalue weighted by atomic mass is 9.92. The van der Waals surface area contributed by atoms with Crippen LogP contribution in [-0.4, -0.2) is 0 Å². The summed E-state index contributed by atoms with van der Waals surface area (Å²) >= 11 is 0. The van der Waals surface area contributed by atoms with E-state index in [1.54, 1.807) is 12.1 Å². The minimum atomic E-state index is -0.480. The molecule has 0 bridgehead atoms. The van der Waals surface area contributed by atoms with Gasteiger partial charge in [-0.2, -0.15) is 5.26 Å². The molecule has 0 heterocycles. The molecule has 86 valence electrons. The van der Waals surface area contributed by atoms with Crippen LogP contribution in [0.3, 0.4) is 0 Å². The first-order chi connectivity index (χ1) is 8.04. The maximum Gasteiger partial charge on any atom is 0.141 e. The molecule has 2 aromatic carbocycles. The van der Waals surface area contributed by atoms with Gasteiger partial charge in [-0.1, -0.05) is 19.9 Å². The van der Waals surface area contributed by atoms with Crippen LogP contribution in [0.15, 0.2) is 24.3 Å². The SMILES string of the molecule is CC(C)c1cc(N)cc2ccc(F)c(C#N)c12. The third kappa shape index (κ3) is 1.83. The van der Waals surface area contributed by atoms with E-state index in [2.05, 4.69) is 0 Å². The molecule has 0 aliphatic heterocycles. The summed E-state index contributed by atoms with van der Waals surface area (Å²) in [6, 6.07) is 8.49. The third-order valence-electron chi connectivity index (χ3n) is 2.85. The molecule has 0 saturated carbocycles. The van der Waals surface area contributed by atoms with Gasteiger partial charge in [-0.15, -0.1) is 0 Å². The number of nitrogen functional groups attached to an aromatic ring is 1. The van der Waals surface area contributed by atoms with Crippen LogP contribution in [0.2, 0.25) is 0 Å². The van der Waals surface area contributed by atoms with Crippen LogP contribution in [-0.2, 0) is 0 Å². The van der Waals surface area contributed by atoms with Crippen LogP contribution < -0.4 is 5.73 Å².